The van der Waals surface area contributed by atoms with Gasteiger partial charge in [-0.1, -0.05) is 22.0 Å². The van der Waals surface area contributed by atoms with Crippen molar-refractivity contribution in [2.45, 2.75) is 0 Å². The number of aromatic carboxylic acids is 1. The molecule has 0 fully saturated rings. The van der Waals surface area contributed by atoms with E-state index in [1.807, 2.05) is 29.8 Å². The summed E-state index contributed by atoms with van der Waals surface area (Å²) < 4.78 is 2.76. The zero-order valence-electron chi connectivity index (χ0n) is 7.49. The van der Waals surface area contributed by atoms with Crippen molar-refractivity contribution in [3.05, 3.63) is 34.4 Å². The second kappa shape index (κ2) is 3.13. The first-order chi connectivity index (χ1) is 6.59. The lowest BCUT2D eigenvalue weighted by atomic mass is 10.2. The number of hydrogen-bond acceptors (Lipinski definition) is 1. The molecule has 0 bridgehead atoms. The van der Waals surface area contributed by atoms with Gasteiger partial charge in [0.15, 0.2) is 0 Å². The molecule has 0 saturated carbocycles. The highest BCUT2D eigenvalue weighted by Crippen LogP contribution is 2.24. The number of halogens is 1. The third-order valence-electron chi connectivity index (χ3n) is 2.18. The van der Waals surface area contributed by atoms with Crippen LogP contribution in [0, 0.1) is 0 Å². The molecule has 0 aliphatic heterocycles. The summed E-state index contributed by atoms with van der Waals surface area (Å²) in [6.07, 6.45) is 1.62. The van der Waals surface area contributed by atoms with E-state index in [2.05, 4.69) is 15.9 Å². The average molecular weight is 254 g/mol. The number of carboxylic acid groups (broad SMARTS) is 1. The Kier molecular flexibility index (Phi) is 2.07. The standard InChI is InChI=1S/C10H8BrNO2/c1-12-5-8(10(13)14)7-3-2-6(11)4-9(7)12/h2-5H,1H3,(H,13,14). The Morgan fingerprint density at radius 3 is 2.86 bits per heavy atom. The van der Waals surface area contributed by atoms with Crippen LogP contribution in [-0.4, -0.2) is 15.6 Å². The predicted molar refractivity (Wildman–Crippen MR) is 57.6 cm³/mol. The van der Waals surface area contributed by atoms with Crippen LogP contribution in [0.5, 0.6) is 0 Å². The van der Waals surface area contributed by atoms with Gasteiger partial charge in [-0.05, 0) is 12.1 Å². The molecular formula is C10H8BrNO2. The van der Waals surface area contributed by atoms with E-state index >= 15 is 0 Å². The van der Waals surface area contributed by atoms with Crippen LogP contribution in [0.3, 0.4) is 0 Å². The molecule has 1 heterocycles. The van der Waals surface area contributed by atoms with Crippen LogP contribution in [0.25, 0.3) is 10.9 Å². The van der Waals surface area contributed by atoms with Gasteiger partial charge in [-0.3, -0.25) is 0 Å². The fraction of sp³-hybridized carbons (Fsp3) is 0.100. The first kappa shape index (κ1) is 9.27. The van der Waals surface area contributed by atoms with E-state index in [1.165, 1.54) is 0 Å². The number of aryl methyl sites for hydroxylation is 1. The monoisotopic (exact) mass is 253 g/mol. The maximum absolute atomic E-state index is 10.9. The van der Waals surface area contributed by atoms with E-state index in [9.17, 15) is 4.79 Å². The topological polar surface area (TPSA) is 42.2 Å². The first-order valence-electron chi connectivity index (χ1n) is 4.07. The molecule has 1 N–H and O–H groups in total. The predicted octanol–water partition coefficient (Wildman–Crippen LogP) is 2.64. The summed E-state index contributed by atoms with van der Waals surface area (Å²) in [4.78, 5) is 10.9. The molecule has 0 unspecified atom stereocenters. The highest BCUT2D eigenvalue weighted by Gasteiger charge is 2.12. The highest BCUT2D eigenvalue weighted by atomic mass is 79.9. The number of carboxylic acids is 1. The number of benzene rings is 1. The van der Waals surface area contributed by atoms with Crippen LogP contribution in [0.4, 0.5) is 0 Å². The number of fused-ring (bicyclic) bond motifs is 1. The third kappa shape index (κ3) is 1.32. The molecule has 72 valence electrons. The molecule has 0 spiro atoms. The Hall–Kier alpha value is -1.29. The molecule has 2 aromatic rings. The maximum Gasteiger partial charge on any atom is 0.337 e. The van der Waals surface area contributed by atoms with E-state index in [1.54, 1.807) is 6.20 Å². The molecule has 2 rings (SSSR count). The summed E-state index contributed by atoms with van der Waals surface area (Å²) >= 11 is 3.35. The van der Waals surface area contributed by atoms with Crippen LogP contribution in [0.1, 0.15) is 10.4 Å². The van der Waals surface area contributed by atoms with Gasteiger partial charge in [0.25, 0.3) is 0 Å². The van der Waals surface area contributed by atoms with Crippen LogP contribution in [0.15, 0.2) is 28.9 Å². The second-order valence-electron chi connectivity index (χ2n) is 3.12. The highest BCUT2D eigenvalue weighted by molar-refractivity contribution is 9.10. The summed E-state index contributed by atoms with van der Waals surface area (Å²) in [6, 6.07) is 5.55. The van der Waals surface area contributed by atoms with Crippen molar-refractivity contribution in [1.82, 2.24) is 4.57 Å². The van der Waals surface area contributed by atoms with Gasteiger partial charge in [0.2, 0.25) is 0 Å². The van der Waals surface area contributed by atoms with Gasteiger partial charge in [0.1, 0.15) is 0 Å². The van der Waals surface area contributed by atoms with Gasteiger partial charge in [0, 0.05) is 28.6 Å². The lowest BCUT2D eigenvalue weighted by Crippen LogP contribution is -1.93. The van der Waals surface area contributed by atoms with Crippen molar-refractivity contribution in [3.8, 4) is 0 Å². The van der Waals surface area contributed by atoms with E-state index in [0.717, 1.165) is 15.4 Å². The molecule has 0 amide bonds. The number of aromatic nitrogens is 1. The van der Waals surface area contributed by atoms with E-state index in [0.29, 0.717) is 5.56 Å². The van der Waals surface area contributed by atoms with Gasteiger partial charge >= 0.3 is 5.97 Å². The Bertz CT molecular complexity index is 516. The van der Waals surface area contributed by atoms with Gasteiger partial charge in [0.05, 0.1) is 5.56 Å². The number of hydrogen-bond donors (Lipinski definition) is 1. The fourth-order valence-corrected chi connectivity index (χ4v) is 1.88. The maximum atomic E-state index is 10.9. The largest absolute Gasteiger partial charge is 0.478 e. The molecule has 1 aromatic heterocycles. The summed E-state index contributed by atoms with van der Waals surface area (Å²) in [7, 11) is 1.83. The van der Waals surface area contributed by atoms with E-state index in [-0.39, 0.29) is 0 Å². The summed E-state index contributed by atoms with van der Waals surface area (Å²) in [6.45, 7) is 0. The molecule has 4 heteroatoms. The van der Waals surface area contributed by atoms with Gasteiger partial charge in [-0.2, -0.15) is 0 Å². The van der Waals surface area contributed by atoms with Crippen LogP contribution in [0.2, 0.25) is 0 Å². The molecule has 0 atom stereocenters. The molecule has 0 aliphatic rings. The van der Waals surface area contributed by atoms with Crippen molar-refractivity contribution < 1.29 is 9.90 Å². The van der Waals surface area contributed by atoms with Gasteiger partial charge in [-0.25, -0.2) is 4.79 Å². The Balaban J connectivity index is 2.84. The number of rotatable bonds is 1. The lowest BCUT2D eigenvalue weighted by molar-refractivity contribution is 0.0699. The molecular weight excluding hydrogens is 246 g/mol. The quantitative estimate of drug-likeness (QED) is 0.849. The number of carbonyl (C=O) groups is 1. The van der Waals surface area contributed by atoms with Crippen LogP contribution >= 0.6 is 15.9 Å². The van der Waals surface area contributed by atoms with E-state index < -0.39 is 5.97 Å². The molecule has 0 aliphatic carbocycles. The van der Waals surface area contributed by atoms with Crippen LogP contribution < -0.4 is 0 Å². The minimum Gasteiger partial charge on any atom is -0.478 e. The Morgan fingerprint density at radius 2 is 2.21 bits per heavy atom. The SMILES string of the molecule is Cn1cc(C(=O)O)c2ccc(Br)cc21. The summed E-state index contributed by atoms with van der Waals surface area (Å²) in [5.41, 5.74) is 1.26. The fourth-order valence-electron chi connectivity index (χ4n) is 1.53. The van der Waals surface area contributed by atoms with Gasteiger partial charge < -0.3 is 9.67 Å². The Morgan fingerprint density at radius 1 is 1.50 bits per heavy atom. The first-order valence-corrected chi connectivity index (χ1v) is 4.87. The molecule has 1 aromatic carbocycles. The second-order valence-corrected chi connectivity index (χ2v) is 4.04. The van der Waals surface area contributed by atoms with Crippen LogP contribution in [-0.2, 0) is 7.05 Å². The Labute approximate surface area is 89.1 Å². The van der Waals surface area contributed by atoms with Gasteiger partial charge in [-0.15, -0.1) is 0 Å². The average Bonchev–Trinajstić information content (AvgIpc) is 2.44. The molecule has 3 nitrogen and oxygen atoms in total. The molecule has 14 heavy (non-hydrogen) atoms. The lowest BCUT2D eigenvalue weighted by Gasteiger charge is -1.95. The zero-order chi connectivity index (χ0) is 10.3. The van der Waals surface area contributed by atoms with Crippen molar-refractivity contribution in [2.75, 3.05) is 0 Å². The minimum absolute atomic E-state index is 0.343. The third-order valence-corrected chi connectivity index (χ3v) is 2.68. The summed E-state index contributed by atoms with van der Waals surface area (Å²) in [5.74, 6) is -0.891. The smallest absolute Gasteiger partial charge is 0.337 e. The minimum atomic E-state index is -0.891. The van der Waals surface area contributed by atoms with Crippen molar-refractivity contribution in [2.24, 2.45) is 7.05 Å². The molecule has 0 saturated heterocycles. The van der Waals surface area contributed by atoms with E-state index in [4.69, 9.17) is 5.11 Å². The molecule has 0 radical (unpaired) electrons. The van der Waals surface area contributed by atoms with Crippen molar-refractivity contribution in [3.63, 3.8) is 0 Å². The normalized spacial score (nSPS) is 10.7. The zero-order valence-corrected chi connectivity index (χ0v) is 9.08. The summed E-state index contributed by atoms with van der Waals surface area (Å²) in [5, 5.41) is 9.71. The van der Waals surface area contributed by atoms with Crippen molar-refractivity contribution >= 4 is 32.8 Å². The number of nitrogens with zero attached hydrogens (tertiary/aromatic N) is 1. The van der Waals surface area contributed by atoms with Crippen molar-refractivity contribution in [1.29, 1.82) is 0 Å².